The second-order valence-electron chi connectivity index (χ2n) is 19.8. The van der Waals surface area contributed by atoms with Crippen LogP contribution in [0.3, 0.4) is 0 Å². The van der Waals surface area contributed by atoms with Gasteiger partial charge in [0.15, 0.2) is 11.6 Å². The van der Waals surface area contributed by atoms with Crippen LogP contribution in [0.2, 0.25) is 0 Å². The van der Waals surface area contributed by atoms with Crippen LogP contribution in [0.5, 0.6) is 0 Å². The third kappa shape index (κ3) is 7.57. The molecule has 0 fully saturated rings. The number of pyridine rings is 2. The SMILES string of the molecule is c1ccc(-c2cc(-c3ccc(-c4cnc5ccccc5c4)cc3)nc(-c3ccc4c(c3)C3c5ccccc5C4c4cc(-c5nc(-c6ccccc6)cc(-c6ccc(-c7cnc8ccccc8c7)cc6)n5)ccc43)n2)cc1. The Morgan fingerprint density at radius 1 is 0.224 bits per heavy atom. The first-order valence-corrected chi connectivity index (χ1v) is 25.8. The zero-order chi connectivity index (χ0) is 50.1. The van der Waals surface area contributed by atoms with Gasteiger partial charge in [-0.1, -0.05) is 194 Å². The van der Waals surface area contributed by atoms with Gasteiger partial charge in [-0.3, -0.25) is 9.97 Å². The number of para-hydroxylation sites is 2. The van der Waals surface area contributed by atoms with E-state index in [-0.39, 0.29) is 11.8 Å². The molecule has 3 aliphatic carbocycles. The fourth-order valence-corrected chi connectivity index (χ4v) is 11.6. The summed E-state index contributed by atoms with van der Waals surface area (Å²) in [5.74, 6) is 1.44. The summed E-state index contributed by atoms with van der Waals surface area (Å²) in [7, 11) is 0. The van der Waals surface area contributed by atoms with Crippen LogP contribution in [0, 0.1) is 0 Å². The van der Waals surface area contributed by atoms with Crippen LogP contribution in [-0.4, -0.2) is 29.9 Å². The van der Waals surface area contributed by atoms with Crippen LogP contribution in [0.25, 0.3) is 112 Å². The molecule has 13 aromatic rings. The Morgan fingerprint density at radius 3 is 0.974 bits per heavy atom. The molecule has 2 unspecified atom stereocenters. The lowest BCUT2D eigenvalue weighted by atomic mass is 9.61. The number of aromatic nitrogens is 6. The third-order valence-electron chi connectivity index (χ3n) is 15.4. The molecule has 3 aliphatic rings. The molecule has 0 saturated heterocycles. The predicted octanol–water partition coefficient (Wildman–Crippen LogP) is 16.7. The number of fused-ring (bicyclic) bond motifs is 2. The fraction of sp³-hybridized carbons (Fsp3) is 0.0286. The molecule has 0 N–H and O–H groups in total. The second kappa shape index (κ2) is 17.9. The summed E-state index contributed by atoms with van der Waals surface area (Å²) in [5, 5.41) is 2.24. The Morgan fingerprint density at radius 2 is 0.553 bits per heavy atom. The summed E-state index contributed by atoms with van der Waals surface area (Å²) in [6.07, 6.45) is 3.90. The quantitative estimate of drug-likeness (QED) is 0.151. The van der Waals surface area contributed by atoms with Crippen LogP contribution in [0.15, 0.2) is 255 Å². The highest BCUT2D eigenvalue weighted by Crippen LogP contribution is 2.56. The topological polar surface area (TPSA) is 77.3 Å². The maximum absolute atomic E-state index is 5.33. The molecule has 354 valence electrons. The van der Waals surface area contributed by atoms with Crippen molar-refractivity contribution >= 4 is 21.8 Å². The molecule has 0 radical (unpaired) electrons. The van der Waals surface area contributed by atoms with Crippen LogP contribution in [-0.2, 0) is 0 Å². The van der Waals surface area contributed by atoms with Crippen molar-refractivity contribution in [3.63, 3.8) is 0 Å². The molecule has 2 bridgehead atoms. The van der Waals surface area contributed by atoms with Gasteiger partial charge in [0.2, 0.25) is 0 Å². The lowest BCUT2D eigenvalue weighted by Crippen LogP contribution is -2.27. The maximum Gasteiger partial charge on any atom is 0.160 e. The lowest BCUT2D eigenvalue weighted by Gasteiger charge is -2.42. The highest BCUT2D eigenvalue weighted by molar-refractivity contribution is 5.86. The Kier molecular flexibility index (Phi) is 10.2. The van der Waals surface area contributed by atoms with Crippen LogP contribution in [0.1, 0.15) is 45.2 Å². The van der Waals surface area contributed by atoms with E-state index in [2.05, 4.69) is 206 Å². The average molecular weight is 969 g/mol. The van der Waals surface area contributed by atoms with Crippen LogP contribution >= 0.6 is 0 Å². The Bertz CT molecular complexity index is 4120. The Labute approximate surface area is 439 Å². The highest BCUT2D eigenvalue weighted by Gasteiger charge is 2.41. The van der Waals surface area contributed by atoms with Crippen molar-refractivity contribution in [1.29, 1.82) is 0 Å². The zero-order valence-corrected chi connectivity index (χ0v) is 41.1. The second-order valence-corrected chi connectivity index (χ2v) is 19.8. The van der Waals surface area contributed by atoms with Crippen molar-refractivity contribution in [3.8, 4) is 90.1 Å². The van der Waals surface area contributed by atoms with E-state index in [0.29, 0.717) is 11.6 Å². The average Bonchev–Trinajstić information content (AvgIpc) is 3.58. The van der Waals surface area contributed by atoms with Gasteiger partial charge in [-0.2, -0.15) is 0 Å². The van der Waals surface area contributed by atoms with Crippen LogP contribution < -0.4 is 0 Å². The third-order valence-corrected chi connectivity index (χ3v) is 15.4. The molecule has 0 aliphatic heterocycles. The van der Waals surface area contributed by atoms with Gasteiger partial charge in [0.1, 0.15) is 0 Å². The number of hydrogen-bond acceptors (Lipinski definition) is 6. The number of benzene rings is 9. The molecule has 0 saturated carbocycles. The molecule has 4 aromatic heterocycles. The standard InChI is InChI=1S/C70H44N6/c1-3-13-45(14-4-1)63-39-65(47-27-23-43(24-28-47)53-35-49-17-7-11-21-61(49)71-41-53)75-69(73-63)51-31-33-57-59(37-51)67-55-19-9-10-20-56(55)68(57)60-38-52(32-34-58(60)67)70-74-64(46-15-5-2-6-16-46)40-66(76-70)48-29-25-44(26-30-48)54-36-50-18-8-12-22-62(50)72-42-54/h1-42,67-68H. The normalized spacial score (nSPS) is 14.1. The molecule has 6 nitrogen and oxygen atoms in total. The van der Waals surface area contributed by atoms with Crippen molar-refractivity contribution in [2.45, 2.75) is 11.8 Å². The van der Waals surface area contributed by atoms with Gasteiger partial charge in [0.25, 0.3) is 0 Å². The Hall–Kier alpha value is -10.0. The van der Waals surface area contributed by atoms with E-state index < -0.39 is 0 Å². The van der Waals surface area contributed by atoms with E-state index in [9.17, 15) is 0 Å². The van der Waals surface area contributed by atoms with E-state index in [1.54, 1.807) is 0 Å². The highest BCUT2D eigenvalue weighted by atomic mass is 14.9. The van der Waals surface area contributed by atoms with E-state index in [1.165, 1.54) is 33.4 Å². The first-order chi connectivity index (χ1) is 37.6. The van der Waals surface area contributed by atoms with E-state index in [1.807, 2.05) is 48.8 Å². The molecule has 2 atom stereocenters. The van der Waals surface area contributed by atoms with Crippen molar-refractivity contribution in [2.75, 3.05) is 0 Å². The minimum absolute atomic E-state index is 0.0255. The lowest BCUT2D eigenvalue weighted by molar-refractivity contribution is 0.754. The molecular weight excluding hydrogens is 925 g/mol. The first kappa shape index (κ1) is 43.5. The molecule has 0 spiro atoms. The largest absolute Gasteiger partial charge is 0.256 e. The van der Waals surface area contributed by atoms with Gasteiger partial charge in [-0.25, -0.2) is 19.9 Å². The van der Waals surface area contributed by atoms with Crippen molar-refractivity contribution in [1.82, 2.24) is 29.9 Å². The van der Waals surface area contributed by atoms with Crippen LogP contribution in [0.4, 0.5) is 0 Å². The van der Waals surface area contributed by atoms with Gasteiger partial charge in [-0.15, -0.1) is 0 Å². The van der Waals surface area contributed by atoms with Crippen molar-refractivity contribution in [3.05, 3.63) is 288 Å². The number of rotatable bonds is 8. The summed E-state index contributed by atoms with van der Waals surface area (Å²) < 4.78 is 0. The zero-order valence-electron chi connectivity index (χ0n) is 41.1. The predicted molar refractivity (Wildman–Crippen MR) is 306 cm³/mol. The van der Waals surface area contributed by atoms with Crippen molar-refractivity contribution in [2.24, 2.45) is 0 Å². The van der Waals surface area contributed by atoms with Gasteiger partial charge in [0, 0.05) is 79.5 Å². The molecule has 76 heavy (non-hydrogen) atoms. The molecule has 16 rings (SSSR count). The minimum Gasteiger partial charge on any atom is -0.256 e. The molecule has 4 heterocycles. The number of hydrogen-bond donors (Lipinski definition) is 0. The minimum atomic E-state index is 0.0255. The van der Waals surface area contributed by atoms with Gasteiger partial charge in [-0.05, 0) is 93.0 Å². The summed E-state index contributed by atoms with van der Waals surface area (Å²) in [6, 6.07) is 85.9. The summed E-state index contributed by atoms with van der Waals surface area (Å²) in [6.45, 7) is 0. The van der Waals surface area contributed by atoms with E-state index >= 15 is 0 Å². The summed E-state index contributed by atoms with van der Waals surface area (Å²) >= 11 is 0. The van der Waals surface area contributed by atoms with Gasteiger partial charge >= 0.3 is 0 Å². The van der Waals surface area contributed by atoms with Gasteiger partial charge in [0.05, 0.1) is 33.8 Å². The van der Waals surface area contributed by atoms with Crippen molar-refractivity contribution < 1.29 is 0 Å². The monoisotopic (exact) mass is 968 g/mol. The first-order valence-electron chi connectivity index (χ1n) is 25.8. The summed E-state index contributed by atoms with van der Waals surface area (Å²) in [4.78, 5) is 30.7. The number of nitrogens with zero attached hydrogens (tertiary/aromatic N) is 6. The molecule has 6 heteroatoms. The van der Waals surface area contributed by atoms with E-state index in [0.717, 1.165) is 100 Å². The molecule has 0 amide bonds. The Balaban J connectivity index is 0.801. The van der Waals surface area contributed by atoms with E-state index in [4.69, 9.17) is 29.9 Å². The molecule has 9 aromatic carbocycles. The summed E-state index contributed by atoms with van der Waals surface area (Å²) in [5.41, 5.74) is 23.8. The maximum atomic E-state index is 5.33. The van der Waals surface area contributed by atoms with Gasteiger partial charge < -0.3 is 0 Å². The molecular formula is C70H44N6. The smallest absolute Gasteiger partial charge is 0.160 e. The fourth-order valence-electron chi connectivity index (χ4n) is 11.6.